The van der Waals surface area contributed by atoms with Gasteiger partial charge in [0.25, 0.3) is 0 Å². The topological polar surface area (TPSA) is 135 Å². The highest BCUT2D eigenvalue weighted by atomic mass is 15.3. The Balaban J connectivity index is 0.000000157. The van der Waals surface area contributed by atoms with Crippen LogP contribution in [0.2, 0.25) is 0 Å². The number of aryl methyl sites for hydroxylation is 6. The molecule has 2 atom stereocenters. The third-order valence-electron chi connectivity index (χ3n) is 10.9. The molecule has 0 radical (unpaired) electrons. The first-order valence-corrected chi connectivity index (χ1v) is 19.0. The first kappa shape index (κ1) is 37.3. The maximum atomic E-state index is 5.01. The van der Waals surface area contributed by atoms with E-state index in [2.05, 4.69) is 107 Å². The number of fused-ring (bicyclic) bond motifs is 8. The lowest BCUT2D eigenvalue weighted by molar-refractivity contribution is 0.642. The van der Waals surface area contributed by atoms with Crippen LogP contribution in [0, 0.1) is 27.7 Å². The van der Waals surface area contributed by atoms with Gasteiger partial charge in [-0.1, -0.05) is 51.6 Å². The molecule has 57 heavy (non-hydrogen) atoms. The van der Waals surface area contributed by atoms with Crippen LogP contribution in [0.5, 0.6) is 0 Å². The normalized spacial score (nSPS) is 12.8. The third-order valence-corrected chi connectivity index (χ3v) is 10.9. The predicted octanol–water partition coefficient (Wildman–Crippen LogP) is 8.29. The van der Waals surface area contributed by atoms with Crippen molar-refractivity contribution in [1.82, 2.24) is 63.3 Å². The molecular formula is C44H47N13. The van der Waals surface area contributed by atoms with E-state index in [0.29, 0.717) is 0 Å². The summed E-state index contributed by atoms with van der Waals surface area (Å²) in [7, 11) is 4.15. The molecule has 0 aliphatic carbocycles. The Kier molecular flexibility index (Phi) is 9.46. The van der Waals surface area contributed by atoms with E-state index in [0.717, 1.165) is 103 Å². The number of rotatable bonds is 6. The summed E-state index contributed by atoms with van der Waals surface area (Å²) in [6.07, 6.45) is 6.97. The second-order valence-electron chi connectivity index (χ2n) is 14.9. The number of hydrogen-bond donors (Lipinski definition) is 0. The molecule has 7 heterocycles. The van der Waals surface area contributed by atoms with Crippen molar-refractivity contribution in [2.45, 2.75) is 73.6 Å². The van der Waals surface area contributed by atoms with Crippen LogP contribution in [0.25, 0.3) is 55.0 Å². The second-order valence-corrected chi connectivity index (χ2v) is 14.9. The summed E-state index contributed by atoms with van der Waals surface area (Å²) in [6, 6.07) is 20.9. The van der Waals surface area contributed by atoms with Crippen molar-refractivity contribution < 1.29 is 0 Å². The summed E-state index contributed by atoms with van der Waals surface area (Å²) in [4.78, 5) is 32.6. The number of aromatic nitrogens is 13. The van der Waals surface area contributed by atoms with Crippen LogP contribution in [0.15, 0.2) is 79.3 Å². The summed E-state index contributed by atoms with van der Waals surface area (Å²) in [5, 5.41) is 12.9. The first-order chi connectivity index (χ1) is 27.0. The van der Waals surface area contributed by atoms with Crippen molar-refractivity contribution in [3.8, 4) is 0 Å². The molecule has 10 rings (SSSR count). The smallest absolute Gasteiger partial charge is 0.177 e. The molecule has 0 fully saturated rings. The van der Waals surface area contributed by atoms with Gasteiger partial charge >= 0.3 is 0 Å². The maximum Gasteiger partial charge on any atom is 0.177 e. The molecule has 0 amide bonds. The number of nitrogens with zero attached hydrogens (tertiary/aromatic N) is 13. The van der Waals surface area contributed by atoms with Crippen molar-refractivity contribution in [1.29, 1.82) is 0 Å². The minimum atomic E-state index is 0. The molecule has 0 spiro atoms. The van der Waals surface area contributed by atoms with Gasteiger partial charge in [0.05, 0.1) is 50.4 Å². The van der Waals surface area contributed by atoms with E-state index >= 15 is 0 Å². The highest BCUT2D eigenvalue weighted by molar-refractivity contribution is 6.04. The fourth-order valence-corrected chi connectivity index (χ4v) is 7.70. The molecule has 288 valence electrons. The van der Waals surface area contributed by atoms with Gasteiger partial charge < -0.3 is 9.13 Å². The first-order valence-electron chi connectivity index (χ1n) is 19.0. The molecule has 2 unspecified atom stereocenters. The largest absolute Gasteiger partial charge is 0.331 e. The van der Waals surface area contributed by atoms with E-state index in [4.69, 9.17) is 30.1 Å². The minimum absolute atomic E-state index is 0. The zero-order valence-corrected chi connectivity index (χ0v) is 32.9. The lowest BCUT2D eigenvalue weighted by Gasteiger charge is -2.09. The highest BCUT2D eigenvalue weighted by Crippen LogP contribution is 2.30. The number of pyridine rings is 1. The van der Waals surface area contributed by atoms with Crippen molar-refractivity contribution in [2.75, 3.05) is 0 Å². The van der Waals surface area contributed by atoms with Gasteiger partial charge in [0, 0.05) is 68.1 Å². The molecule has 0 aliphatic rings. The van der Waals surface area contributed by atoms with Crippen LogP contribution < -0.4 is 0 Å². The third kappa shape index (κ3) is 6.42. The zero-order valence-electron chi connectivity index (χ0n) is 32.9. The van der Waals surface area contributed by atoms with Crippen LogP contribution in [0.4, 0.5) is 0 Å². The van der Waals surface area contributed by atoms with Gasteiger partial charge in [0.2, 0.25) is 0 Å². The molecule has 7 aromatic heterocycles. The van der Waals surface area contributed by atoms with Gasteiger partial charge in [0.15, 0.2) is 22.9 Å². The molecule has 13 heteroatoms. The van der Waals surface area contributed by atoms with Crippen molar-refractivity contribution >= 4 is 55.0 Å². The van der Waals surface area contributed by atoms with Crippen LogP contribution >= 0.6 is 0 Å². The van der Waals surface area contributed by atoms with E-state index in [9.17, 15) is 0 Å². The van der Waals surface area contributed by atoms with E-state index < -0.39 is 0 Å². The van der Waals surface area contributed by atoms with Crippen molar-refractivity contribution in [3.05, 3.63) is 125 Å². The summed E-state index contributed by atoms with van der Waals surface area (Å²) >= 11 is 0. The summed E-state index contributed by atoms with van der Waals surface area (Å²) in [5.74, 6) is 4.04. The fourth-order valence-electron chi connectivity index (χ4n) is 7.70. The highest BCUT2D eigenvalue weighted by Gasteiger charge is 2.21. The van der Waals surface area contributed by atoms with Gasteiger partial charge in [-0.3, -0.25) is 15.0 Å². The Bertz CT molecular complexity index is 3030. The van der Waals surface area contributed by atoms with Gasteiger partial charge in [-0.25, -0.2) is 29.0 Å². The van der Waals surface area contributed by atoms with Crippen LogP contribution in [-0.4, -0.2) is 63.3 Å². The lowest BCUT2D eigenvalue weighted by atomic mass is 10.1. The zero-order chi connectivity index (χ0) is 38.8. The van der Waals surface area contributed by atoms with Crippen molar-refractivity contribution in [2.24, 2.45) is 14.1 Å². The summed E-state index contributed by atoms with van der Waals surface area (Å²) in [5.41, 5.74) is 10.7. The maximum absolute atomic E-state index is 5.01. The fraction of sp³-hybridized carbons (Fsp3) is 0.295. The van der Waals surface area contributed by atoms with Gasteiger partial charge in [-0.2, -0.15) is 10.2 Å². The minimum Gasteiger partial charge on any atom is -0.331 e. The van der Waals surface area contributed by atoms with E-state index in [1.165, 1.54) is 10.8 Å². The van der Waals surface area contributed by atoms with Crippen LogP contribution in [-0.2, 0) is 26.9 Å². The molecule has 3 aromatic carbocycles. The molecule has 10 aromatic rings. The SMILES string of the molecule is C.Cc1ncc(C)n2nc(C(C)Cc3nc4c5cccnc5ccc4n3C)nc12.Cc1ncc(C)n2nc(CC(C)c3nc4c5ccccc5ccc4n3C)nc12. The molecule has 0 aliphatic heterocycles. The molecule has 0 saturated heterocycles. The monoisotopic (exact) mass is 757 g/mol. The van der Waals surface area contributed by atoms with E-state index in [1.54, 1.807) is 0 Å². The Morgan fingerprint density at radius 1 is 0.596 bits per heavy atom. The van der Waals surface area contributed by atoms with E-state index in [1.807, 2.05) is 61.4 Å². The predicted molar refractivity (Wildman–Crippen MR) is 226 cm³/mol. The molecule has 0 saturated carbocycles. The summed E-state index contributed by atoms with van der Waals surface area (Å²) in [6.45, 7) is 12.2. The van der Waals surface area contributed by atoms with Gasteiger partial charge in [-0.15, -0.1) is 0 Å². The van der Waals surface area contributed by atoms with Gasteiger partial charge in [0.1, 0.15) is 11.6 Å². The molecular weight excluding hydrogens is 711 g/mol. The molecule has 0 N–H and O–H groups in total. The Morgan fingerprint density at radius 2 is 1.25 bits per heavy atom. The Labute approximate surface area is 330 Å². The number of imidazole rings is 2. The number of hydrogen-bond acceptors (Lipinski definition) is 9. The average molecular weight is 758 g/mol. The Morgan fingerprint density at radius 3 is 1.98 bits per heavy atom. The lowest BCUT2D eigenvalue weighted by Crippen LogP contribution is -2.07. The van der Waals surface area contributed by atoms with Gasteiger partial charge in [-0.05, 0) is 63.4 Å². The number of benzene rings is 3. The quantitative estimate of drug-likeness (QED) is 0.164. The molecule has 13 nitrogen and oxygen atoms in total. The average Bonchev–Trinajstić information content (AvgIpc) is 4.00. The van der Waals surface area contributed by atoms with Crippen LogP contribution in [0.3, 0.4) is 0 Å². The molecule has 0 bridgehead atoms. The second kappa shape index (κ2) is 14.5. The standard InChI is InChI=1S/C22H22N6.C21H21N7.CH4/c1-13(11-19-24-22-15(3)23-12-14(2)28(22)26-19)21-25-20-17-8-6-5-7-16(17)9-10-18(20)27(21)4;1-12(20-25-21-14(3)23-11-13(2)28(21)26-20)10-18-24-19-15-6-5-9-22-16(15)7-8-17(19)27(18)4;/h5-10,12-13H,11H2,1-4H3;5-9,11-12H,10H2,1-4H3;1H4. The summed E-state index contributed by atoms with van der Waals surface area (Å²) < 4.78 is 8.11. The van der Waals surface area contributed by atoms with Crippen molar-refractivity contribution in [3.63, 3.8) is 0 Å². The van der Waals surface area contributed by atoms with E-state index in [-0.39, 0.29) is 19.3 Å². The van der Waals surface area contributed by atoms with Crippen LogP contribution in [0.1, 0.15) is 79.2 Å². The Hall–Kier alpha value is -6.63.